The van der Waals surface area contributed by atoms with Crippen molar-refractivity contribution in [2.75, 3.05) is 7.11 Å². The predicted octanol–water partition coefficient (Wildman–Crippen LogP) is 1.50. The van der Waals surface area contributed by atoms with Crippen LogP contribution in [0.4, 0.5) is 0 Å². The summed E-state index contributed by atoms with van der Waals surface area (Å²) in [4.78, 5) is 20.4. The quantitative estimate of drug-likeness (QED) is 0.389. The fourth-order valence-electron chi connectivity index (χ4n) is 1.71. The lowest BCUT2D eigenvalue weighted by Gasteiger charge is -2.06. The summed E-state index contributed by atoms with van der Waals surface area (Å²) >= 11 is 0. The molecular formula is C15H15N3O3. The Balaban J connectivity index is 1.99. The molecule has 0 saturated carbocycles. The smallest absolute Gasteiger partial charge is 0.339 e. The summed E-state index contributed by atoms with van der Waals surface area (Å²) in [5.41, 5.74) is 7.07. The molecule has 0 amide bonds. The van der Waals surface area contributed by atoms with Gasteiger partial charge in [-0.1, -0.05) is 23.4 Å². The molecule has 21 heavy (non-hydrogen) atoms. The normalized spacial score (nSPS) is 11.0. The van der Waals surface area contributed by atoms with Crippen LogP contribution in [-0.4, -0.2) is 23.9 Å². The second-order valence-electron chi connectivity index (χ2n) is 4.16. The van der Waals surface area contributed by atoms with E-state index < -0.39 is 5.97 Å². The van der Waals surface area contributed by atoms with Crippen molar-refractivity contribution >= 4 is 11.8 Å². The Hall–Kier alpha value is -2.89. The number of para-hydroxylation sites is 1. The first-order valence-electron chi connectivity index (χ1n) is 6.26. The van der Waals surface area contributed by atoms with Gasteiger partial charge in [0.25, 0.3) is 0 Å². The Morgan fingerprint density at radius 2 is 1.95 bits per heavy atom. The van der Waals surface area contributed by atoms with Crippen LogP contribution in [0.1, 0.15) is 11.1 Å². The van der Waals surface area contributed by atoms with Gasteiger partial charge in [-0.2, -0.15) is 0 Å². The molecule has 6 nitrogen and oxygen atoms in total. The van der Waals surface area contributed by atoms with Crippen LogP contribution >= 0.6 is 0 Å². The maximum absolute atomic E-state index is 11.8. The lowest BCUT2D eigenvalue weighted by Crippen LogP contribution is -2.16. The number of ether oxygens (including phenoxy) is 1. The van der Waals surface area contributed by atoms with Crippen LogP contribution in [0.25, 0.3) is 0 Å². The third-order valence-electron chi connectivity index (χ3n) is 2.75. The van der Waals surface area contributed by atoms with E-state index in [1.165, 1.54) is 0 Å². The SMILES string of the molecule is COc1ccccc1CC(=O)O/N=C(\N)c1ccncc1. The van der Waals surface area contributed by atoms with E-state index in [4.69, 9.17) is 15.3 Å². The largest absolute Gasteiger partial charge is 0.496 e. The molecule has 1 aromatic carbocycles. The third-order valence-corrected chi connectivity index (χ3v) is 2.75. The molecule has 0 radical (unpaired) electrons. The molecule has 2 aromatic rings. The summed E-state index contributed by atoms with van der Waals surface area (Å²) in [6.45, 7) is 0. The first-order chi connectivity index (χ1) is 10.2. The molecule has 1 heterocycles. The fourth-order valence-corrected chi connectivity index (χ4v) is 1.71. The van der Waals surface area contributed by atoms with E-state index in [1.54, 1.807) is 43.8 Å². The summed E-state index contributed by atoms with van der Waals surface area (Å²) < 4.78 is 5.17. The van der Waals surface area contributed by atoms with Crippen LogP contribution in [0.2, 0.25) is 0 Å². The zero-order valence-corrected chi connectivity index (χ0v) is 11.5. The van der Waals surface area contributed by atoms with E-state index in [0.717, 1.165) is 5.56 Å². The zero-order chi connectivity index (χ0) is 15.1. The number of hydrogen-bond acceptors (Lipinski definition) is 5. The highest BCUT2D eigenvalue weighted by Gasteiger charge is 2.10. The molecule has 0 unspecified atom stereocenters. The number of amidine groups is 1. The Morgan fingerprint density at radius 1 is 1.24 bits per heavy atom. The number of carbonyl (C=O) groups excluding carboxylic acids is 1. The van der Waals surface area contributed by atoms with Crippen LogP contribution in [0.3, 0.4) is 0 Å². The average Bonchev–Trinajstić information content (AvgIpc) is 2.54. The first-order valence-corrected chi connectivity index (χ1v) is 6.26. The summed E-state index contributed by atoms with van der Waals surface area (Å²) in [6, 6.07) is 10.6. The van der Waals surface area contributed by atoms with Crippen LogP contribution in [0.15, 0.2) is 53.9 Å². The minimum atomic E-state index is -0.517. The summed E-state index contributed by atoms with van der Waals surface area (Å²) in [6.07, 6.45) is 3.21. The fraction of sp³-hybridized carbons (Fsp3) is 0.133. The molecule has 2 N–H and O–H groups in total. The van der Waals surface area contributed by atoms with E-state index in [2.05, 4.69) is 10.1 Å². The van der Waals surface area contributed by atoms with E-state index in [1.807, 2.05) is 12.1 Å². The Bertz CT molecular complexity index is 642. The molecule has 0 atom stereocenters. The van der Waals surface area contributed by atoms with Crippen molar-refractivity contribution in [2.45, 2.75) is 6.42 Å². The van der Waals surface area contributed by atoms with Gasteiger partial charge in [-0.25, -0.2) is 4.79 Å². The maximum Gasteiger partial charge on any atom is 0.339 e. The third kappa shape index (κ3) is 4.04. The van der Waals surface area contributed by atoms with E-state index in [-0.39, 0.29) is 12.3 Å². The molecule has 0 fully saturated rings. The number of methoxy groups -OCH3 is 1. The van der Waals surface area contributed by atoms with Crippen molar-refractivity contribution in [2.24, 2.45) is 10.9 Å². The lowest BCUT2D eigenvalue weighted by molar-refractivity contribution is -0.142. The van der Waals surface area contributed by atoms with Gasteiger partial charge in [0.05, 0.1) is 13.5 Å². The second-order valence-corrected chi connectivity index (χ2v) is 4.16. The van der Waals surface area contributed by atoms with Crippen molar-refractivity contribution in [3.8, 4) is 5.75 Å². The van der Waals surface area contributed by atoms with E-state index in [0.29, 0.717) is 11.3 Å². The van der Waals surface area contributed by atoms with E-state index >= 15 is 0 Å². The van der Waals surface area contributed by atoms with Gasteiger partial charge in [-0.15, -0.1) is 0 Å². The lowest BCUT2D eigenvalue weighted by atomic mass is 10.1. The van der Waals surface area contributed by atoms with E-state index in [9.17, 15) is 4.79 Å². The molecule has 0 aliphatic rings. The predicted molar refractivity (Wildman–Crippen MR) is 77.8 cm³/mol. The molecule has 0 aliphatic heterocycles. The zero-order valence-electron chi connectivity index (χ0n) is 11.5. The van der Waals surface area contributed by atoms with Gasteiger partial charge in [0, 0.05) is 23.5 Å². The molecule has 1 aromatic heterocycles. The number of carbonyl (C=O) groups is 1. The summed E-state index contributed by atoms with van der Waals surface area (Å²) in [7, 11) is 1.55. The highest BCUT2D eigenvalue weighted by molar-refractivity contribution is 5.97. The van der Waals surface area contributed by atoms with Crippen molar-refractivity contribution in [1.82, 2.24) is 4.98 Å². The summed E-state index contributed by atoms with van der Waals surface area (Å²) in [5, 5.41) is 3.62. The highest BCUT2D eigenvalue weighted by Crippen LogP contribution is 2.18. The summed E-state index contributed by atoms with van der Waals surface area (Å²) in [5.74, 6) is 0.225. The number of oxime groups is 1. The van der Waals surface area contributed by atoms with Crippen molar-refractivity contribution < 1.29 is 14.4 Å². The van der Waals surface area contributed by atoms with Gasteiger partial charge in [0.2, 0.25) is 0 Å². The highest BCUT2D eigenvalue weighted by atomic mass is 16.7. The number of aromatic nitrogens is 1. The standard InChI is InChI=1S/C15H15N3O3/c1-20-13-5-3-2-4-12(13)10-14(19)21-18-15(16)11-6-8-17-9-7-11/h2-9H,10H2,1H3,(H2,16,18). The van der Waals surface area contributed by atoms with Gasteiger partial charge in [0.15, 0.2) is 5.84 Å². The molecule has 0 spiro atoms. The van der Waals surface area contributed by atoms with Crippen LogP contribution in [0, 0.1) is 0 Å². The van der Waals surface area contributed by atoms with Gasteiger partial charge >= 0.3 is 5.97 Å². The van der Waals surface area contributed by atoms with Crippen molar-refractivity contribution in [1.29, 1.82) is 0 Å². The van der Waals surface area contributed by atoms with Crippen LogP contribution < -0.4 is 10.5 Å². The number of nitrogens with two attached hydrogens (primary N) is 1. The monoisotopic (exact) mass is 285 g/mol. The average molecular weight is 285 g/mol. The Morgan fingerprint density at radius 3 is 2.67 bits per heavy atom. The number of rotatable bonds is 5. The van der Waals surface area contributed by atoms with Gasteiger partial charge in [-0.3, -0.25) is 4.98 Å². The minimum absolute atomic E-state index is 0.0527. The molecule has 0 bridgehead atoms. The molecular weight excluding hydrogens is 270 g/mol. The Kier molecular flexibility index (Phi) is 4.87. The van der Waals surface area contributed by atoms with Gasteiger partial charge < -0.3 is 15.3 Å². The second kappa shape index (κ2) is 7.04. The van der Waals surface area contributed by atoms with Crippen LogP contribution in [0.5, 0.6) is 5.75 Å². The van der Waals surface area contributed by atoms with Gasteiger partial charge in [-0.05, 0) is 18.2 Å². The minimum Gasteiger partial charge on any atom is -0.496 e. The Labute approximate surface area is 122 Å². The molecule has 0 aliphatic carbocycles. The topological polar surface area (TPSA) is 86.8 Å². The van der Waals surface area contributed by atoms with Gasteiger partial charge in [0.1, 0.15) is 5.75 Å². The number of nitrogens with zero attached hydrogens (tertiary/aromatic N) is 2. The maximum atomic E-state index is 11.8. The molecule has 108 valence electrons. The van der Waals surface area contributed by atoms with Crippen molar-refractivity contribution in [3.05, 3.63) is 59.9 Å². The molecule has 6 heteroatoms. The molecule has 2 rings (SSSR count). The number of hydrogen-bond donors (Lipinski definition) is 1. The van der Waals surface area contributed by atoms with Crippen molar-refractivity contribution in [3.63, 3.8) is 0 Å². The molecule has 0 saturated heterocycles. The van der Waals surface area contributed by atoms with Crippen LogP contribution in [-0.2, 0) is 16.1 Å². The number of benzene rings is 1. The first kappa shape index (κ1) is 14.5. The number of pyridine rings is 1.